The maximum atomic E-state index is 13.7. The second-order valence-electron chi connectivity index (χ2n) is 11.4. The van der Waals surface area contributed by atoms with E-state index in [-0.39, 0.29) is 28.7 Å². The molecule has 0 fully saturated rings. The molecule has 2 atom stereocenters. The molecule has 4 N–H and O–H groups in total. The van der Waals surface area contributed by atoms with Gasteiger partial charge in [0.1, 0.15) is 28.6 Å². The molecule has 0 aromatic heterocycles. The van der Waals surface area contributed by atoms with Crippen molar-refractivity contribution in [3.05, 3.63) is 63.9 Å². The van der Waals surface area contributed by atoms with Crippen molar-refractivity contribution >= 4 is 17.3 Å². The molecule has 0 radical (unpaired) electrons. The summed E-state index contributed by atoms with van der Waals surface area (Å²) < 4.78 is 0. The molecule has 0 saturated heterocycles. The summed E-state index contributed by atoms with van der Waals surface area (Å²) in [6.07, 6.45) is 0.849. The van der Waals surface area contributed by atoms with Gasteiger partial charge in [-0.15, -0.1) is 0 Å². The zero-order chi connectivity index (χ0) is 28.7. The molecule has 0 amide bonds. The summed E-state index contributed by atoms with van der Waals surface area (Å²) in [5.41, 5.74) is -2.48. The molecule has 7 heteroatoms. The molecule has 2 aromatic carbocycles. The van der Waals surface area contributed by atoms with Crippen molar-refractivity contribution in [1.29, 1.82) is 0 Å². The lowest BCUT2D eigenvalue weighted by Crippen LogP contribution is -2.50. The Balaban J connectivity index is 2.27. The van der Waals surface area contributed by atoms with Crippen molar-refractivity contribution in [2.75, 3.05) is 0 Å². The number of hydrogen-bond acceptors (Lipinski definition) is 7. The van der Waals surface area contributed by atoms with Crippen molar-refractivity contribution in [2.45, 2.75) is 73.6 Å². The third-order valence-corrected chi connectivity index (χ3v) is 8.09. The van der Waals surface area contributed by atoms with Gasteiger partial charge >= 0.3 is 0 Å². The molecule has 2 unspecified atom stereocenters. The number of aryl methyl sites for hydroxylation is 1. The number of rotatable bonds is 8. The molecule has 7 nitrogen and oxygen atoms in total. The monoisotopic (exact) mass is 522 g/mol. The van der Waals surface area contributed by atoms with Gasteiger partial charge in [-0.05, 0) is 52.5 Å². The van der Waals surface area contributed by atoms with Crippen LogP contribution in [0.25, 0.3) is 0 Å². The Morgan fingerprint density at radius 3 is 2.03 bits per heavy atom. The molecule has 0 spiro atoms. The number of aromatic hydroxyl groups is 3. The van der Waals surface area contributed by atoms with Gasteiger partial charge in [0, 0.05) is 29.0 Å². The quantitative estimate of drug-likeness (QED) is 0.244. The minimum Gasteiger partial charge on any atom is -0.511 e. The van der Waals surface area contributed by atoms with Gasteiger partial charge < -0.3 is 20.4 Å². The minimum atomic E-state index is -1.46. The molecule has 2 aromatic rings. The predicted octanol–water partition coefficient (Wildman–Crippen LogP) is 6.07. The second kappa shape index (κ2) is 10.3. The fourth-order valence-corrected chi connectivity index (χ4v) is 5.46. The molecule has 0 heterocycles. The van der Waals surface area contributed by atoms with Crippen LogP contribution in [0.1, 0.15) is 87.4 Å². The van der Waals surface area contributed by atoms with Crippen molar-refractivity contribution < 1.29 is 34.8 Å². The van der Waals surface area contributed by atoms with E-state index >= 15 is 0 Å². The van der Waals surface area contributed by atoms with E-state index in [0.717, 1.165) is 5.56 Å². The molecule has 3 rings (SSSR count). The second-order valence-corrected chi connectivity index (χ2v) is 11.4. The molecule has 0 saturated carbocycles. The van der Waals surface area contributed by atoms with E-state index in [4.69, 9.17) is 0 Å². The summed E-state index contributed by atoms with van der Waals surface area (Å²) in [4.78, 5) is 40.1. The third-order valence-electron chi connectivity index (χ3n) is 8.09. The maximum Gasteiger partial charge on any atom is 0.175 e. The first-order valence-electron chi connectivity index (χ1n) is 13.0. The summed E-state index contributed by atoms with van der Waals surface area (Å²) >= 11 is 0. The molecule has 38 heavy (non-hydrogen) atoms. The van der Waals surface area contributed by atoms with Gasteiger partial charge in [-0.3, -0.25) is 14.4 Å². The van der Waals surface area contributed by atoms with Crippen LogP contribution in [0.2, 0.25) is 0 Å². The lowest BCUT2D eigenvalue weighted by molar-refractivity contribution is -0.144. The summed E-state index contributed by atoms with van der Waals surface area (Å²) in [7, 11) is 0. The molecule has 204 valence electrons. The van der Waals surface area contributed by atoms with E-state index in [2.05, 4.69) is 0 Å². The van der Waals surface area contributed by atoms with E-state index in [9.17, 15) is 34.8 Å². The lowest BCUT2D eigenvalue weighted by Gasteiger charge is -2.41. The van der Waals surface area contributed by atoms with Crippen molar-refractivity contribution in [2.24, 2.45) is 16.7 Å². The Labute approximate surface area is 223 Å². The maximum absolute atomic E-state index is 13.7. The third kappa shape index (κ3) is 4.59. The number of hydrogen-bond donors (Lipinski definition) is 4. The summed E-state index contributed by atoms with van der Waals surface area (Å²) in [6.45, 7) is 11.1. The molecule has 0 aliphatic heterocycles. The van der Waals surface area contributed by atoms with E-state index in [1.54, 1.807) is 6.92 Å². The Hall–Kier alpha value is -3.61. The van der Waals surface area contributed by atoms with Crippen LogP contribution < -0.4 is 0 Å². The Bertz CT molecular complexity index is 1320. The van der Waals surface area contributed by atoms with Crippen LogP contribution in [0.5, 0.6) is 17.2 Å². The van der Waals surface area contributed by atoms with Crippen LogP contribution in [0, 0.1) is 23.7 Å². The highest BCUT2D eigenvalue weighted by Crippen LogP contribution is 2.54. The van der Waals surface area contributed by atoms with E-state index in [1.165, 1.54) is 34.6 Å². The summed E-state index contributed by atoms with van der Waals surface area (Å²) in [5, 5.41) is 44.8. The normalized spacial score (nSPS) is 18.4. The number of aliphatic hydroxyl groups is 1. The topological polar surface area (TPSA) is 132 Å². The molecule has 0 bridgehead atoms. The van der Waals surface area contributed by atoms with Crippen molar-refractivity contribution in [3.8, 4) is 17.2 Å². The first-order valence-corrected chi connectivity index (χ1v) is 13.0. The number of allylic oxidation sites excluding steroid dienone is 2. The molecule has 1 aliphatic carbocycles. The summed E-state index contributed by atoms with van der Waals surface area (Å²) in [6, 6.07) is 9.30. The van der Waals surface area contributed by atoms with Gasteiger partial charge in [0.15, 0.2) is 17.3 Å². The zero-order valence-corrected chi connectivity index (χ0v) is 23.2. The zero-order valence-electron chi connectivity index (χ0n) is 23.2. The SMILES string of the molecule is CCC(C)C(C1=C(O)C(C)(C)C(=O)C(C)(C)C1=O)c1c(O)c(C)c(O)c(C(=O)CCc2ccccc2)c1O. The van der Waals surface area contributed by atoms with E-state index < -0.39 is 63.0 Å². The summed E-state index contributed by atoms with van der Waals surface area (Å²) in [5.74, 6) is -5.06. The fourth-order valence-electron chi connectivity index (χ4n) is 5.46. The highest BCUT2D eigenvalue weighted by Gasteiger charge is 2.55. The van der Waals surface area contributed by atoms with E-state index in [0.29, 0.717) is 12.8 Å². The van der Waals surface area contributed by atoms with Crippen LogP contribution in [0.15, 0.2) is 41.7 Å². The number of ketones is 3. The Morgan fingerprint density at radius 2 is 1.47 bits per heavy atom. The number of carbonyl (C=O) groups is 3. The molecule has 1 aliphatic rings. The number of phenols is 3. The Kier molecular flexibility index (Phi) is 7.83. The fraction of sp³-hybridized carbons (Fsp3) is 0.452. The highest BCUT2D eigenvalue weighted by molar-refractivity contribution is 6.19. The predicted molar refractivity (Wildman–Crippen MR) is 145 cm³/mol. The van der Waals surface area contributed by atoms with Crippen LogP contribution >= 0.6 is 0 Å². The standard InChI is InChI=1S/C31H38O7/c1-8-16(2)20(23-27(36)30(4,5)29(38)31(6,7)28(23)37)22-25(34)17(3)24(33)21(26(22)35)19(32)15-14-18-12-10-9-11-13-18/h9-13,16,20,33-36H,8,14-15H2,1-7H3. The van der Waals surface area contributed by atoms with E-state index in [1.807, 2.05) is 37.3 Å². The van der Waals surface area contributed by atoms with Crippen LogP contribution in [-0.2, 0) is 16.0 Å². The lowest BCUT2D eigenvalue weighted by atomic mass is 9.59. The van der Waals surface area contributed by atoms with Crippen LogP contribution in [0.4, 0.5) is 0 Å². The van der Waals surface area contributed by atoms with Crippen molar-refractivity contribution in [1.82, 2.24) is 0 Å². The average Bonchev–Trinajstić information content (AvgIpc) is 2.88. The number of Topliss-reactive ketones (excluding diaryl/α,β-unsaturated/α-hetero) is 3. The van der Waals surface area contributed by atoms with Gasteiger partial charge in [-0.25, -0.2) is 0 Å². The minimum absolute atomic E-state index is 0.00969. The smallest absolute Gasteiger partial charge is 0.175 e. The molecular weight excluding hydrogens is 484 g/mol. The van der Waals surface area contributed by atoms with Gasteiger partial charge in [-0.1, -0.05) is 50.6 Å². The molecular formula is C31H38O7. The number of benzene rings is 2. The number of phenolic OH excluding ortho intramolecular Hbond substituents is 3. The van der Waals surface area contributed by atoms with Crippen LogP contribution in [0.3, 0.4) is 0 Å². The highest BCUT2D eigenvalue weighted by atomic mass is 16.3. The Morgan fingerprint density at radius 1 is 0.895 bits per heavy atom. The van der Waals surface area contributed by atoms with Gasteiger partial charge in [0.2, 0.25) is 0 Å². The number of carbonyl (C=O) groups excluding carboxylic acids is 3. The average molecular weight is 523 g/mol. The largest absolute Gasteiger partial charge is 0.511 e. The first-order chi connectivity index (χ1) is 17.6. The van der Waals surface area contributed by atoms with Crippen LogP contribution in [-0.4, -0.2) is 37.8 Å². The number of aliphatic hydroxyl groups excluding tert-OH is 1. The van der Waals surface area contributed by atoms with Gasteiger partial charge in [0.25, 0.3) is 0 Å². The first kappa shape index (κ1) is 29.0. The van der Waals surface area contributed by atoms with Gasteiger partial charge in [0.05, 0.1) is 10.8 Å². The van der Waals surface area contributed by atoms with Gasteiger partial charge in [-0.2, -0.15) is 0 Å². The van der Waals surface area contributed by atoms with Crippen molar-refractivity contribution in [3.63, 3.8) is 0 Å².